The van der Waals surface area contributed by atoms with Gasteiger partial charge in [0.05, 0.1) is 0 Å². The van der Waals surface area contributed by atoms with Crippen molar-refractivity contribution >= 4 is 11.8 Å². The normalized spacial score (nSPS) is 25.4. The minimum absolute atomic E-state index is 0.717. The monoisotopic (exact) mass is 202 g/mol. The molecule has 0 spiro atoms. The van der Waals surface area contributed by atoms with Gasteiger partial charge in [0.25, 0.3) is 0 Å². The average Bonchev–Trinajstić information content (AvgIpc) is 2.57. The summed E-state index contributed by atoms with van der Waals surface area (Å²) in [5, 5.41) is 3.51. The molecule has 2 atom stereocenters. The number of likely N-dealkylation sites (N-methyl/N-ethyl adjacent to an activating group) is 1. The Kier molecular flexibility index (Phi) is 5.14. The molecule has 0 saturated carbocycles. The Morgan fingerprint density at radius 2 is 2.38 bits per heavy atom. The lowest BCUT2D eigenvalue weighted by atomic mass is 10.1. The first-order valence-corrected chi connectivity index (χ1v) is 6.41. The second-order valence-corrected chi connectivity index (χ2v) is 5.02. The van der Waals surface area contributed by atoms with Crippen LogP contribution in [-0.2, 0) is 0 Å². The molecule has 2 unspecified atom stereocenters. The van der Waals surface area contributed by atoms with Gasteiger partial charge < -0.3 is 10.2 Å². The molecule has 0 aromatic carbocycles. The van der Waals surface area contributed by atoms with Crippen molar-refractivity contribution < 1.29 is 0 Å². The van der Waals surface area contributed by atoms with Gasteiger partial charge in [-0.1, -0.05) is 13.3 Å². The highest BCUT2D eigenvalue weighted by Crippen LogP contribution is 2.12. The van der Waals surface area contributed by atoms with Gasteiger partial charge >= 0.3 is 0 Å². The molecule has 0 radical (unpaired) electrons. The van der Waals surface area contributed by atoms with Crippen molar-refractivity contribution in [1.29, 1.82) is 0 Å². The molecule has 1 aliphatic heterocycles. The lowest BCUT2D eigenvalue weighted by molar-refractivity contribution is 0.228. The second kappa shape index (κ2) is 5.89. The maximum atomic E-state index is 3.51. The maximum Gasteiger partial charge on any atom is 0.0421 e. The lowest BCUT2D eigenvalue weighted by Crippen LogP contribution is -2.40. The van der Waals surface area contributed by atoms with Crippen LogP contribution in [0.3, 0.4) is 0 Å². The van der Waals surface area contributed by atoms with Gasteiger partial charge in [-0.2, -0.15) is 0 Å². The van der Waals surface area contributed by atoms with E-state index in [1.165, 1.54) is 25.1 Å². The maximum absolute atomic E-state index is 3.51. The summed E-state index contributed by atoms with van der Waals surface area (Å²) in [6, 6.07) is 1.45. The highest BCUT2D eigenvalue weighted by atomic mass is 32.2. The fraction of sp³-hybridized carbons (Fsp3) is 1.00. The largest absolute Gasteiger partial charge is 0.303 e. The van der Waals surface area contributed by atoms with E-state index in [1.807, 2.05) is 11.8 Å². The first-order chi connectivity index (χ1) is 6.24. The third-order valence-electron chi connectivity index (χ3n) is 2.76. The Labute approximate surface area is 86.5 Å². The molecule has 2 nitrogen and oxygen atoms in total. The summed E-state index contributed by atoms with van der Waals surface area (Å²) >= 11 is 2.01. The highest BCUT2D eigenvalue weighted by Gasteiger charge is 2.18. The van der Waals surface area contributed by atoms with Gasteiger partial charge in [-0.25, -0.2) is 0 Å². The highest BCUT2D eigenvalue weighted by molar-refractivity contribution is 7.99. The summed E-state index contributed by atoms with van der Waals surface area (Å²) in [7, 11) is 2.24. The molecular weight excluding hydrogens is 180 g/mol. The van der Waals surface area contributed by atoms with Crippen LogP contribution in [0.15, 0.2) is 0 Å². The van der Waals surface area contributed by atoms with Crippen LogP contribution in [0.4, 0.5) is 0 Å². The zero-order valence-electron chi connectivity index (χ0n) is 9.05. The van der Waals surface area contributed by atoms with Crippen LogP contribution >= 0.6 is 11.8 Å². The van der Waals surface area contributed by atoms with E-state index in [9.17, 15) is 0 Å². The molecule has 0 aromatic heterocycles. The molecule has 1 saturated heterocycles. The molecule has 1 N–H and O–H groups in total. The molecule has 0 amide bonds. The molecule has 0 bridgehead atoms. The van der Waals surface area contributed by atoms with E-state index < -0.39 is 0 Å². The van der Waals surface area contributed by atoms with E-state index in [1.54, 1.807) is 0 Å². The predicted molar refractivity (Wildman–Crippen MR) is 61.2 cm³/mol. The number of nitrogens with one attached hydrogen (secondary N) is 1. The number of hydrogen-bond acceptors (Lipinski definition) is 3. The Bertz CT molecular complexity index is 135. The van der Waals surface area contributed by atoms with Gasteiger partial charge in [0.1, 0.15) is 0 Å². The van der Waals surface area contributed by atoms with Crippen LogP contribution in [0.5, 0.6) is 0 Å². The van der Waals surface area contributed by atoms with Crippen molar-refractivity contribution in [2.24, 2.45) is 0 Å². The second-order valence-electron chi connectivity index (χ2n) is 3.99. The van der Waals surface area contributed by atoms with Crippen molar-refractivity contribution in [3.63, 3.8) is 0 Å². The standard InChI is InChI=1S/C10H22N2S/c1-4-5-9(2)12(3)6-10-7-13-8-11-10/h9-11H,4-8H2,1-3H3. The Morgan fingerprint density at radius 1 is 1.62 bits per heavy atom. The minimum atomic E-state index is 0.717. The van der Waals surface area contributed by atoms with Gasteiger partial charge in [-0.15, -0.1) is 11.8 Å². The summed E-state index contributed by atoms with van der Waals surface area (Å²) in [5.41, 5.74) is 0. The van der Waals surface area contributed by atoms with E-state index in [0.29, 0.717) is 6.04 Å². The van der Waals surface area contributed by atoms with E-state index in [-0.39, 0.29) is 0 Å². The van der Waals surface area contributed by atoms with Gasteiger partial charge in [0.2, 0.25) is 0 Å². The minimum Gasteiger partial charge on any atom is -0.303 e. The fourth-order valence-electron chi connectivity index (χ4n) is 1.72. The molecule has 1 aliphatic rings. The third kappa shape index (κ3) is 3.88. The molecular formula is C10H22N2S. The van der Waals surface area contributed by atoms with Crippen molar-refractivity contribution in [3.8, 4) is 0 Å². The summed E-state index contributed by atoms with van der Waals surface area (Å²) < 4.78 is 0. The Hall–Kier alpha value is 0.270. The molecule has 78 valence electrons. The Balaban J connectivity index is 2.18. The average molecular weight is 202 g/mol. The molecule has 3 heteroatoms. The van der Waals surface area contributed by atoms with Crippen LogP contribution < -0.4 is 5.32 Å². The van der Waals surface area contributed by atoms with Gasteiger partial charge in [0.15, 0.2) is 0 Å². The van der Waals surface area contributed by atoms with Gasteiger partial charge in [-0.3, -0.25) is 0 Å². The van der Waals surface area contributed by atoms with Crippen molar-refractivity contribution in [2.75, 3.05) is 25.2 Å². The van der Waals surface area contributed by atoms with E-state index in [2.05, 4.69) is 31.1 Å². The summed E-state index contributed by atoms with van der Waals surface area (Å²) in [6.07, 6.45) is 2.61. The van der Waals surface area contributed by atoms with Crippen molar-refractivity contribution in [3.05, 3.63) is 0 Å². The fourth-order valence-corrected chi connectivity index (χ4v) is 2.70. The van der Waals surface area contributed by atoms with Crippen LogP contribution in [0.1, 0.15) is 26.7 Å². The van der Waals surface area contributed by atoms with Crippen LogP contribution in [0, 0.1) is 0 Å². The van der Waals surface area contributed by atoms with Crippen molar-refractivity contribution in [1.82, 2.24) is 10.2 Å². The number of nitrogens with zero attached hydrogens (tertiary/aromatic N) is 1. The molecule has 13 heavy (non-hydrogen) atoms. The topological polar surface area (TPSA) is 15.3 Å². The number of hydrogen-bond donors (Lipinski definition) is 1. The first-order valence-electron chi connectivity index (χ1n) is 5.25. The SMILES string of the molecule is CCCC(C)N(C)CC1CSCN1. The molecule has 0 aromatic rings. The summed E-state index contributed by atoms with van der Waals surface area (Å²) in [5.74, 6) is 2.42. The van der Waals surface area contributed by atoms with E-state index >= 15 is 0 Å². The zero-order chi connectivity index (χ0) is 9.68. The van der Waals surface area contributed by atoms with E-state index in [0.717, 1.165) is 11.9 Å². The van der Waals surface area contributed by atoms with Gasteiger partial charge in [-0.05, 0) is 20.4 Å². The summed E-state index contributed by atoms with van der Waals surface area (Å²) in [4.78, 5) is 2.48. The number of rotatable bonds is 5. The smallest absolute Gasteiger partial charge is 0.0421 e. The Morgan fingerprint density at radius 3 is 2.92 bits per heavy atom. The van der Waals surface area contributed by atoms with E-state index in [4.69, 9.17) is 0 Å². The quantitative estimate of drug-likeness (QED) is 0.731. The molecule has 1 rings (SSSR count). The summed E-state index contributed by atoms with van der Waals surface area (Å²) in [6.45, 7) is 5.79. The predicted octanol–water partition coefficient (Wildman–Crippen LogP) is 1.77. The van der Waals surface area contributed by atoms with Crippen LogP contribution in [-0.4, -0.2) is 42.2 Å². The van der Waals surface area contributed by atoms with Crippen LogP contribution in [0.2, 0.25) is 0 Å². The molecule has 0 aliphatic carbocycles. The number of thioether (sulfide) groups is 1. The van der Waals surface area contributed by atoms with Crippen molar-refractivity contribution in [2.45, 2.75) is 38.8 Å². The third-order valence-corrected chi connectivity index (χ3v) is 3.77. The van der Waals surface area contributed by atoms with Crippen LogP contribution in [0.25, 0.3) is 0 Å². The lowest BCUT2D eigenvalue weighted by Gasteiger charge is -2.26. The molecule has 1 fully saturated rings. The molecule has 1 heterocycles. The van der Waals surface area contributed by atoms with Gasteiger partial charge in [0, 0.05) is 30.3 Å². The zero-order valence-corrected chi connectivity index (χ0v) is 9.86. The first kappa shape index (κ1) is 11.3.